The zero-order chi connectivity index (χ0) is 25.5. The molecule has 3 aliphatic heterocycles. The summed E-state index contributed by atoms with van der Waals surface area (Å²) in [6.07, 6.45) is 0.972. The van der Waals surface area contributed by atoms with Gasteiger partial charge < -0.3 is 15.2 Å². The van der Waals surface area contributed by atoms with E-state index in [2.05, 4.69) is 0 Å². The quantitative estimate of drug-likeness (QED) is 0.409. The lowest BCUT2D eigenvalue weighted by atomic mass is 10.0. The molecule has 3 aliphatic rings. The minimum Gasteiger partial charge on any atom is -0.448 e. The standard InChI is InChI=1S/C29H22N2O5S/c30-23-26(32)31-24(29(34)36-25(17-9-3-1-4-10-17)18-11-5-2-6-12-18)19(16-37-27(23)31)15-22-20-13-7-8-14-21(20)28(33)35-22/h1-15,23,25,27H,16,30H2/b22-15+/t23-,27-/m1/s1. The van der Waals surface area contributed by atoms with Gasteiger partial charge in [0.05, 0.1) is 5.56 Å². The molecule has 1 amide bonds. The number of allylic oxidation sites excluding steroid dienone is 1. The number of benzene rings is 3. The number of ether oxygens (including phenoxy) is 2. The van der Waals surface area contributed by atoms with Crippen molar-refractivity contribution in [2.75, 3.05) is 5.75 Å². The van der Waals surface area contributed by atoms with Gasteiger partial charge in [0, 0.05) is 11.3 Å². The van der Waals surface area contributed by atoms with E-state index in [1.54, 1.807) is 24.3 Å². The Hall–Kier alpha value is -4.14. The normalized spacial score (nSPS) is 21.5. The molecular formula is C29H22N2O5S. The van der Waals surface area contributed by atoms with Gasteiger partial charge in [0.25, 0.3) is 0 Å². The van der Waals surface area contributed by atoms with E-state index in [0.717, 1.165) is 11.1 Å². The van der Waals surface area contributed by atoms with Crippen molar-refractivity contribution in [2.45, 2.75) is 17.5 Å². The second-order valence-electron chi connectivity index (χ2n) is 8.86. The molecule has 8 heteroatoms. The fourth-order valence-corrected chi connectivity index (χ4v) is 5.99. The Morgan fingerprint density at radius 3 is 2.19 bits per heavy atom. The van der Waals surface area contributed by atoms with Gasteiger partial charge in [0.15, 0.2) is 6.10 Å². The van der Waals surface area contributed by atoms with Gasteiger partial charge in [-0.15, -0.1) is 11.8 Å². The van der Waals surface area contributed by atoms with Crippen LogP contribution < -0.4 is 5.73 Å². The first kappa shape index (κ1) is 23.3. The number of hydrogen-bond donors (Lipinski definition) is 1. The first-order chi connectivity index (χ1) is 18.0. The maximum atomic E-state index is 13.8. The van der Waals surface area contributed by atoms with Crippen LogP contribution in [0.3, 0.4) is 0 Å². The molecule has 3 aromatic carbocycles. The molecule has 37 heavy (non-hydrogen) atoms. The molecule has 6 rings (SSSR count). The van der Waals surface area contributed by atoms with Crippen molar-refractivity contribution in [1.82, 2.24) is 4.90 Å². The van der Waals surface area contributed by atoms with Crippen molar-refractivity contribution < 1.29 is 23.9 Å². The Bertz CT molecular complexity index is 1430. The summed E-state index contributed by atoms with van der Waals surface area (Å²) in [5, 5.41) is -0.359. The number of amides is 1. The van der Waals surface area contributed by atoms with E-state index in [4.69, 9.17) is 15.2 Å². The number of hydrogen-bond acceptors (Lipinski definition) is 7. The highest BCUT2D eigenvalue weighted by Gasteiger charge is 2.52. The summed E-state index contributed by atoms with van der Waals surface area (Å²) in [7, 11) is 0. The van der Waals surface area contributed by atoms with Gasteiger partial charge in [-0.1, -0.05) is 78.9 Å². The third-order valence-corrected chi connectivity index (χ3v) is 7.91. The third kappa shape index (κ3) is 4.04. The fraction of sp³-hybridized carbons (Fsp3) is 0.138. The number of carbonyl (C=O) groups is 3. The minimum atomic E-state index is -0.689. The summed E-state index contributed by atoms with van der Waals surface area (Å²) in [6, 6.07) is 25.2. The molecule has 0 saturated carbocycles. The number of thioether (sulfide) groups is 1. The monoisotopic (exact) mass is 510 g/mol. The van der Waals surface area contributed by atoms with E-state index in [-0.39, 0.29) is 17.0 Å². The summed E-state index contributed by atoms with van der Waals surface area (Å²) >= 11 is 1.46. The van der Waals surface area contributed by atoms with Gasteiger partial charge >= 0.3 is 11.9 Å². The minimum absolute atomic E-state index is 0.125. The van der Waals surface area contributed by atoms with Gasteiger partial charge in [-0.05, 0) is 28.8 Å². The summed E-state index contributed by atoms with van der Waals surface area (Å²) < 4.78 is 11.6. The largest absolute Gasteiger partial charge is 0.448 e. The van der Waals surface area contributed by atoms with Crippen LogP contribution in [0.2, 0.25) is 0 Å². The van der Waals surface area contributed by atoms with Gasteiger partial charge in [-0.2, -0.15) is 0 Å². The van der Waals surface area contributed by atoms with Crippen molar-refractivity contribution >= 4 is 35.4 Å². The number of nitrogens with two attached hydrogens (primary N) is 1. The van der Waals surface area contributed by atoms with E-state index in [0.29, 0.717) is 28.2 Å². The van der Waals surface area contributed by atoms with Crippen molar-refractivity contribution in [2.24, 2.45) is 5.73 Å². The van der Waals surface area contributed by atoms with E-state index >= 15 is 0 Å². The topological polar surface area (TPSA) is 98.9 Å². The Kier molecular flexibility index (Phi) is 5.90. The second kappa shape index (κ2) is 9.38. The molecule has 3 heterocycles. The number of rotatable bonds is 5. The zero-order valence-corrected chi connectivity index (χ0v) is 20.4. The van der Waals surface area contributed by atoms with Gasteiger partial charge in [-0.25, -0.2) is 9.59 Å². The molecule has 0 unspecified atom stereocenters. The van der Waals surface area contributed by atoms with Crippen LogP contribution in [0.5, 0.6) is 0 Å². The Labute approximate surface area is 217 Å². The molecule has 0 spiro atoms. The van der Waals surface area contributed by atoms with E-state index in [1.165, 1.54) is 16.7 Å². The maximum Gasteiger partial charge on any atom is 0.356 e. The molecular weight excluding hydrogens is 488 g/mol. The van der Waals surface area contributed by atoms with Crippen LogP contribution in [0.25, 0.3) is 5.76 Å². The van der Waals surface area contributed by atoms with Gasteiger partial charge in [-0.3, -0.25) is 9.69 Å². The van der Waals surface area contributed by atoms with Crippen LogP contribution in [0, 0.1) is 0 Å². The highest BCUT2D eigenvalue weighted by molar-refractivity contribution is 8.00. The summed E-state index contributed by atoms with van der Waals surface area (Å²) in [4.78, 5) is 40.4. The molecule has 0 bridgehead atoms. The van der Waals surface area contributed by atoms with Crippen molar-refractivity contribution in [1.29, 1.82) is 0 Å². The number of β-lactam (4-membered cyclic amide) rings is 1. The summed E-state index contributed by atoms with van der Waals surface area (Å²) in [5.74, 6) is -0.715. The second-order valence-corrected chi connectivity index (χ2v) is 9.96. The molecule has 0 radical (unpaired) electrons. The van der Waals surface area contributed by atoms with Crippen molar-refractivity contribution in [3.63, 3.8) is 0 Å². The summed E-state index contributed by atoms with van der Waals surface area (Å²) in [5.41, 5.74) is 9.39. The van der Waals surface area contributed by atoms with Crippen LogP contribution >= 0.6 is 11.8 Å². The number of nitrogens with zero attached hydrogens (tertiary/aromatic N) is 1. The molecule has 1 saturated heterocycles. The Balaban J connectivity index is 1.42. The fourth-order valence-electron chi connectivity index (χ4n) is 4.74. The molecule has 7 nitrogen and oxygen atoms in total. The average molecular weight is 511 g/mol. The number of carbonyl (C=O) groups excluding carboxylic acids is 3. The highest BCUT2D eigenvalue weighted by Crippen LogP contribution is 2.42. The van der Waals surface area contributed by atoms with E-state index in [1.807, 2.05) is 66.7 Å². The highest BCUT2D eigenvalue weighted by atomic mass is 32.2. The first-order valence-electron chi connectivity index (χ1n) is 11.8. The molecule has 3 aromatic rings. The van der Waals surface area contributed by atoms with Crippen LogP contribution in [0.1, 0.15) is 33.2 Å². The third-order valence-electron chi connectivity index (χ3n) is 6.58. The van der Waals surface area contributed by atoms with Gasteiger partial charge in [0.2, 0.25) is 5.91 Å². The number of fused-ring (bicyclic) bond motifs is 2. The molecule has 1 fully saturated rings. The molecule has 2 N–H and O–H groups in total. The van der Waals surface area contributed by atoms with Crippen molar-refractivity contribution in [3.05, 3.63) is 125 Å². The average Bonchev–Trinajstić information content (AvgIpc) is 3.26. The van der Waals surface area contributed by atoms with E-state index < -0.39 is 24.1 Å². The molecule has 0 aliphatic carbocycles. The van der Waals surface area contributed by atoms with Crippen LogP contribution in [-0.4, -0.2) is 39.9 Å². The molecule has 0 aromatic heterocycles. The Morgan fingerprint density at radius 1 is 0.946 bits per heavy atom. The lowest BCUT2D eigenvalue weighted by molar-refractivity contribution is -0.153. The van der Waals surface area contributed by atoms with Crippen LogP contribution in [0.15, 0.2) is 102 Å². The predicted molar refractivity (Wildman–Crippen MR) is 139 cm³/mol. The van der Waals surface area contributed by atoms with Crippen LogP contribution in [-0.2, 0) is 19.1 Å². The molecule has 2 atom stereocenters. The lowest BCUT2D eigenvalue weighted by Crippen LogP contribution is -2.68. The first-order valence-corrected chi connectivity index (χ1v) is 12.9. The zero-order valence-electron chi connectivity index (χ0n) is 19.6. The maximum absolute atomic E-state index is 13.8. The smallest absolute Gasteiger partial charge is 0.356 e. The SMILES string of the molecule is N[C@@H]1C(=O)N2C(C(=O)OC(c3ccccc3)c3ccccc3)=C(/C=C3/OC(=O)c4ccccc43)CS[C@H]12. The van der Waals surface area contributed by atoms with Gasteiger partial charge in [0.1, 0.15) is 22.9 Å². The number of cyclic esters (lactones) is 1. The lowest BCUT2D eigenvalue weighted by Gasteiger charge is -2.48. The predicted octanol–water partition coefficient (Wildman–Crippen LogP) is 4.03. The number of esters is 2. The summed E-state index contributed by atoms with van der Waals surface area (Å²) in [6.45, 7) is 0. The Morgan fingerprint density at radius 2 is 1.54 bits per heavy atom. The van der Waals surface area contributed by atoms with Crippen molar-refractivity contribution in [3.8, 4) is 0 Å². The van der Waals surface area contributed by atoms with E-state index in [9.17, 15) is 14.4 Å². The molecule has 184 valence electrons. The van der Waals surface area contributed by atoms with Crippen LogP contribution in [0.4, 0.5) is 0 Å².